The van der Waals surface area contributed by atoms with Gasteiger partial charge in [0, 0.05) is 11.8 Å². The van der Waals surface area contributed by atoms with Gasteiger partial charge in [-0.15, -0.1) is 10.2 Å². The average molecular weight is 342 g/mol. The van der Waals surface area contributed by atoms with Gasteiger partial charge in [-0.2, -0.15) is 0 Å². The Kier molecular flexibility index (Phi) is 4.19. The molecule has 0 amide bonds. The van der Waals surface area contributed by atoms with E-state index < -0.39 is 0 Å². The molecule has 128 valence electrons. The minimum atomic E-state index is 0.710. The zero-order chi connectivity index (χ0) is 17.9. The third kappa shape index (κ3) is 3.07. The van der Waals surface area contributed by atoms with Crippen LogP contribution in [0.3, 0.4) is 0 Å². The molecule has 0 aliphatic rings. The smallest absolute Gasteiger partial charge is 0.187 e. The quantitative estimate of drug-likeness (QED) is 0.444. The van der Waals surface area contributed by atoms with Crippen molar-refractivity contribution < 1.29 is 4.74 Å². The highest BCUT2D eigenvalue weighted by Crippen LogP contribution is 2.32. The van der Waals surface area contributed by atoms with Crippen LogP contribution in [0.25, 0.3) is 16.9 Å². The van der Waals surface area contributed by atoms with Gasteiger partial charge in [0.25, 0.3) is 0 Å². The van der Waals surface area contributed by atoms with Crippen molar-refractivity contribution in [2.24, 2.45) is 10.2 Å². The first-order chi connectivity index (χ1) is 12.7. The van der Waals surface area contributed by atoms with Crippen LogP contribution in [0.15, 0.2) is 83.2 Å². The molecule has 0 aliphatic heterocycles. The van der Waals surface area contributed by atoms with E-state index in [0.29, 0.717) is 5.82 Å². The van der Waals surface area contributed by atoms with E-state index in [9.17, 15) is 0 Å². The molecule has 0 N–H and O–H groups in total. The van der Waals surface area contributed by atoms with E-state index in [1.54, 1.807) is 7.11 Å². The molecule has 0 atom stereocenters. The van der Waals surface area contributed by atoms with Crippen molar-refractivity contribution in [3.05, 3.63) is 78.5 Å². The Hall–Kier alpha value is -3.47. The van der Waals surface area contributed by atoms with Crippen molar-refractivity contribution >= 4 is 17.2 Å². The van der Waals surface area contributed by atoms with Crippen LogP contribution in [0.2, 0.25) is 0 Å². The first kappa shape index (κ1) is 16.0. The Bertz CT molecular complexity index is 1070. The second-order valence-corrected chi connectivity index (χ2v) is 5.98. The van der Waals surface area contributed by atoms with Crippen LogP contribution in [0.5, 0.6) is 5.75 Å². The van der Waals surface area contributed by atoms with E-state index in [-0.39, 0.29) is 0 Å². The number of nitrogens with zero attached hydrogens (tertiary/aromatic N) is 4. The average Bonchev–Trinajstić information content (AvgIpc) is 3.05. The Morgan fingerprint density at radius 3 is 2.42 bits per heavy atom. The number of pyridine rings is 1. The lowest BCUT2D eigenvalue weighted by molar-refractivity contribution is 0.415. The van der Waals surface area contributed by atoms with Gasteiger partial charge in [0.2, 0.25) is 0 Å². The van der Waals surface area contributed by atoms with Crippen molar-refractivity contribution in [2.45, 2.75) is 6.92 Å². The predicted molar refractivity (Wildman–Crippen MR) is 103 cm³/mol. The topological polar surface area (TPSA) is 51.2 Å². The monoisotopic (exact) mass is 342 g/mol. The number of hydrogen-bond acceptors (Lipinski definition) is 4. The normalized spacial score (nSPS) is 11.3. The number of imidazole rings is 1. The highest BCUT2D eigenvalue weighted by molar-refractivity contribution is 5.74. The van der Waals surface area contributed by atoms with E-state index in [2.05, 4.69) is 17.2 Å². The molecule has 0 saturated carbocycles. The summed E-state index contributed by atoms with van der Waals surface area (Å²) in [5, 5.41) is 8.90. The predicted octanol–water partition coefficient (Wildman–Crippen LogP) is 5.73. The zero-order valence-electron chi connectivity index (χ0n) is 14.6. The highest BCUT2D eigenvalue weighted by atomic mass is 16.5. The van der Waals surface area contributed by atoms with Gasteiger partial charge >= 0.3 is 0 Å². The van der Waals surface area contributed by atoms with Crippen molar-refractivity contribution in [1.29, 1.82) is 0 Å². The summed E-state index contributed by atoms with van der Waals surface area (Å²) >= 11 is 0. The van der Waals surface area contributed by atoms with Gasteiger partial charge < -0.3 is 4.74 Å². The number of aromatic nitrogens is 2. The third-order valence-corrected chi connectivity index (χ3v) is 4.14. The molecule has 5 heteroatoms. The number of ether oxygens (including phenoxy) is 1. The molecular weight excluding hydrogens is 324 g/mol. The lowest BCUT2D eigenvalue weighted by atomic mass is 10.1. The number of benzene rings is 2. The third-order valence-electron chi connectivity index (χ3n) is 4.14. The summed E-state index contributed by atoms with van der Waals surface area (Å²) in [5.74, 6) is 1.50. The van der Waals surface area contributed by atoms with Crippen molar-refractivity contribution in [2.75, 3.05) is 7.11 Å². The lowest BCUT2D eigenvalue weighted by Gasteiger charge is -2.01. The van der Waals surface area contributed by atoms with Gasteiger partial charge in [-0.1, -0.05) is 30.3 Å². The SMILES string of the molecule is COc1ccc(N=Nc2c(-c3ccccc3)nc3cc(C)ccn23)cc1. The van der Waals surface area contributed by atoms with E-state index in [1.165, 1.54) is 0 Å². The molecule has 0 fully saturated rings. The molecule has 0 unspecified atom stereocenters. The van der Waals surface area contributed by atoms with Crippen molar-refractivity contribution in [1.82, 2.24) is 9.38 Å². The minimum Gasteiger partial charge on any atom is -0.497 e. The van der Waals surface area contributed by atoms with Gasteiger partial charge in [0.1, 0.15) is 17.1 Å². The molecular formula is C21H18N4O. The Morgan fingerprint density at radius 1 is 0.923 bits per heavy atom. The number of fused-ring (bicyclic) bond motifs is 1. The van der Waals surface area contributed by atoms with Gasteiger partial charge in [0.15, 0.2) is 5.82 Å². The van der Waals surface area contributed by atoms with E-state index >= 15 is 0 Å². The molecule has 0 spiro atoms. The van der Waals surface area contributed by atoms with Crippen LogP contribution in [0.4, 0.5) is 11.5 Å². The molecule has 26 heavy (non-hydrogen) atoms. The van der Waals surface area contributed by atoms with Gasteiger partial charge in [-0.25, -0.2) is 4.98 Å². The Morgan fingerprint density at radius 2 is 1.69 bits per heavy atom. The number of methoxy groups -OCH3 is 1. The molecule has 0 saturated heterocycles. The van der Waals surface area contributed by atoms with Crippen LogP contribution in [0.1, 0.15) is 5.56 Å². The first-order valence-electron chi connectivity index (χ1n) is 8.34. The summed E-state index contributed by atoms with van der Waals surface area (Å²) in [7, 11) is 1.64. The molecule has 5 nitrogen and oxygen atoms in total. The summed E-state index contributed by atoms with van der Waals surface area (Å²) in [4.78, 5) is 4.77. The maximum absolute atomic E-state index is 5.18. The Balaban J connectivity index is 1.82. The minimum absolute atomic E-state index is 0.710. The summed E-state index contributed by atoms with van der Waals surface area (Å²) < 4.78 is 7.14. The lowest BCUT2D eigenvalue weighted by Crippen LogP contribution is -1.84. The van der Waals surface area contributed by atoms with Gasteiger partial charge in [-0.3, -0.25) is 4.40 Å². The maximum atomic E-state index is 5.18. The van der Waals surface area contributed by atoms with Crippen LogP contribution in [-0.4, -0.2) is 16.5 Å². The van der Waals surface area contributed by atoms with Gasteiger partial charge in [0.05, 0.1) is 12.8 Å². The summed E-state index contributed by atoms with van der Waals surface area (Å²) in [6.45, 7) is 2.05. The first-order valence-corrected chi connectivity index (χ1v) is 8.34. The number of azo groups is 1. The fourth-order valence-corrected chi connectivity index (χ4v) is 2.77. The molecule has 0 radical (unpaired) electrons. The van der Waals surface area contributed by atoms with Crippen LogP contribution in [0, 0.1) is 6.92 Å². The maximum Gasteiger partial charge on any atom is 0.187 e. The number of hydrogen-bond donors (Lipinski definition) is 0. The molecule has 0 bridgehead atoms. The molecule has 2 aromatic heterocycles. The van der Waals surface area contributed by atoms with Crippen LogP contribution < -0.4 is 4.74 Å². The number of rotatable bonds is 4. The fourth-order valence-electron chi connectivity index (χ4n) is 2.77. The van der Waals surface area contributed by atoms with E-state index in [0.717, 1.165) is 33.9 Å². The van der Waals surface area contributed by atoms with Crippen molar-refractivity contribution in [3.8, 4) is 17.0 Å². The molecule has 2 heterocycles. The summed E-state index contributed by atoms with van der Waals surface area (Å²) in [6, 6.07) is 21.6. The summed E-state index contributed by atoms with van der Waals surface area (Å²) in [5.41, 5.74) is 4.59. The zero-order valence-corrected chi connectivity index (χ0v) is 14.6. The van der Waals surface area contributed by atoms with Crippen molar-refractivity contribution in [3.63, 3.8) is 0 Å². The Labute approximate surface area is 151 Å². The standard InChI is InChI=1S/C21H18N4O/c1-15-12-13-25-19(14-15)22-20(16-6-4-3-5-7-16)21(25)24-23-17-8-10-18(26-2)11-9-17/h3-14H,1-2H3. The van der Waals surface area contributed by atoms with E-state index in [4.69, 9.17) is 9.72 Å². The molecule has 4 rings (SSSR count). The van der Waals surface area contributed by atoms with Gasteiger partial charge in [-0.05, 0) is 48.9 Å². The largest absolute Gasteiger partial charge is 0.497 e. The van der Waals surface area contributed by atoms with Crippen LogP contribution >= 0.6 is 0 Å². The molecule has 2 aromatic carbocycles. The summed E-state index contributed by atoms with van der Waals surface area (Å²) in [6.07, 6.45) is 1.98. The fraction of sp³-hybridized carbons (Fsp3) is 0.0952. The highest BCUT2D eigenvalue weighted by Gasteiger charge is 2.13. The van der Waals surface area contributed by atoms with Crippen LogP contribution in [-0.2, 0) is 0 Å². The number of aryl methyl sites for hydroxylation is 1. The second-order valence-electron chi connectivity index (χ2n) is 5.98. The second kappa shape index (κ2) is 6.80. The van der Waals surface area contributed by atoms with E-state index in [1.807, 2.05) is 77.3 Å². The molecule has 0 aliphatic carbocycles. The molecule has 4 aromatic rings.